The van der Waals surface area contributed by atoms with Crippen molar-refractivity contribution in [3.63, 3.8) is 0 Å². The van der Waals surface area contributed by atoms with Crippen LogP contribution in [0.5, 0.6) is 0 Å². The number of hydrogen-bond acceptors (Lipinski definition) is 6. The largest absolute Gasteiger partial charge is 0.382 e. The quantitative estimate of drug-likeness (QED) is 0.703. The highest BCUT2D eigenvalue weighted by Crippen LogP contribution is 2.16. The topological polar surface area (TPSA) is 103 Å². The average molecular weight is 209 g/mol. The third kappa shape index (κ3) is 1.88. The highest BCUT2D eigenvalue weighted by Gasteiger charge is 2.15. The van der Waals surface area contributed by atoms with Gasteiger partial charge in [-0.15, -0.1) is 0 Å². The number of aliphatic hydroxyl groups excluding tert-OH is 1. The van der Waals surface area contributed by atoms with Crippen molar-refractivity contribution in [3.05, 3.63) is 18.3 Å². The molecule has 0 saturated heterocycles. The summed E-state index contributed by atoms with van der Waals surface area (Å²) >= 11 is 0. The summed E-state index contributed by atoms with van der Waals surface area (Å²) < 4.78 is 6.48. The van der Waals surface area contributed by atoms with Crippen LogP contribution in [0.4, 0.5) is 0 Å². The lowest BCUT2D eigenvalue weighted by molar-refractivity contribution is 0.141. The zero-order chi connectivity index (χ0) is 10.8. The Balaban J connectivity index is 2.27. The van der Waals surface area contributed by atoms with E-state index < -0.39 is 6.10 Å². The van der Waals surface area contributed by atoms with Gasteiger partial charge in [-0.1, -0.05) is 5.16 Å². The number of aryl methyl sites for hydroxylation is 1. The Morgan fingerprint density at radius 1 is 1.67 bits per heavy atom. The predicted octanol–water partition coefficient (Wildman–Crippen LogP) is -0.538. The first-order valence-electron chi connectivity index (χ1n) is 4.41. The molecule has 3 N–H and O–H groups in total. The van der Waals surface area contributed by atoms with Crippen LogP contribution in [0.25, 0.3) is 11.4 Å². The highest BCUT2D eigenvalue weighted by atomic mass is 16.5. The molecule has 0 aliphatic heterocycles. The fourth-order valence-corrected chi connectivity index (χ4v) is 1.13. The third-order valence-electron chi connectivity index (χ3n) is 1.91. The fourth-order valence-electron chi connectivity index (χ4n) is 1.13. The molecule has 0 aliphatic carbocycles. The van der Waals surface area contributed by atoms with E-state index in [1.807, 2.05) is 0 Å². The van der Waals surface area contributed by atoms with Crippen molar-refractivity contribution in [3.8, 4) is 11.4 Å². The van der Waals surface area contributed by atoms with E-state index in [0.29, 0.717) is 5.82 Å². The van der Waals surface area contributed by atoms with Gasteiger partial charge in [0.1, 0.15) is 6.10 Å². The van der Waals surface area contributed by atoms with Crippen molar-refractivity contribution >= 4 is 0 Å². The maximum absolute atomic E-state index is 9.35. The van der Waals surface area contributed by atoms with E-state index in [0.717, 1.165) is 5.56 Å². The molecule has 15 heavy (non-hydrogen) atoms. The first kappa shape index (κ1) is 9.81. The van der Waals surface area contributed by atoms with Crippen LogP contribution in [0.2, 0.25) is 0 Å². The molecule has 0 amide bonds. The molecule has 0 unspecified atom stereocenters. The molecule has 2 aromatic heterocycles. The molecule has 2 heterocycles. The van der Waals surface area contributed by atoms with Crippen LogP contribution in [0, 0.1) is 0 Å². The van der Waals surface area contributed by atoms with Gasteiger partial charge in [0.05, 0.1) is 11.8 Å². The van der Waals surface area contributed by atoms with Gasteiger partial charge in [-0.25, -0.2) is 0 Å². The number of nitrogens with two attached hydrogens (primary N) is 1. The van der Waals surface area contributed by atoms with Crippen molar-refractivity contribution in [1.29, 1.82) is 0 Å². The van der Waals surface area contributed by atoms with Gasteiger partial charge < -0.3 is 15.4 Å². The van der Waals surface area contributed by atoms with E-state index in [2.05, 4.69) is 15.2 Å². The van der Waals surface area contributed by atoms with Gasteiger partial charge in [0.15, 0.2) is 0 Å². The van der Waals surface area contributed by atoms with Gasteiger partial charge in [-0.2, -0.15) is 10.1 Å². The third-order valence-corrected chi connectivity index (χ3v) is 1.91. The maximum Gasteiger partial charge on any atom is 0.257 e. The van der Waals surface area contributed by atoms with Crippen LogP contribution < -0.4 is 5.73 Å². The molecular formula is C8H11N5O2. The van der Waals surface area contributed by atoms with Crippen molar-refractivity contribution in [2.24, 2.45) is 12.8 Å². The lowest BCUT2D eigenvalue weighted by Gasteiger charge is -1.97. The number of nitrogens with zero attached hydrogens (tertiary/aromatic N) is 4. The summed E-state index contributed by atoms with van der Waals surface area (Å²) in [5.41, 5.74) is 5.99. The van der Waals surface area contributed by atoms with Gasteiger partial charge in [0, 0.05) is 19.8 Å². The van der Waals surface area contributed by atoms with Gasteiger partial charge in [-0.3, -0.25) is 4.68 Å². The Hall–Kier alpha value is -1.73. The summed E-state index contributed by atoms with van der Waals surface area (Å²) in [6.07, 6.45) is 2.45. The zero-order valence-corrected chi connectivity index (χ0v) is 8.16. The van der Waals surface area contributed by atoms with E-state index in [1.165, 1.54) is 0 Å². The van der Waals surface area contributed by atoms with E-state index in [4.69, 9.17) is 10.3 Å². The van der Waals surface area contributed by atoms with Crippen LogP contribution in [0.3, 0.4) is 0 Å². The molecule has 2 aromatic rings. The standard InChI is InChI=1S/C8H11N5O2/c1-13-4-5(3-10-13)7-11-8(15-12-7)6(14)2-9/h3-4,6,14H,2,9H2,1H3/t6-/m0/s1. The van der Waals surface area contributed by atoms with Crippen LogP contribution in [-0.2, 0) is 7.05 Å². The minimum absolute atomic E-state index is 0.0503. The van der Waals surface area contributed by atoms with Crippen LogP contribution in [0.15, 0.2) is 16.9 Å². The molecule has 0 spiro atoms. The average Bonchev–Trinajstić information content (AvgIpc) is 2.84. The molecule has 0 bridgehead atoms. The first-order chi connectivity index (χ1) is 7.20. The van der Waals surface area contributed by atoms with Crippen LogP contribution in [-0.4, -0.2) is 31.6 Å². The minimum atomic E-state index is -0.914. The lowest BCUT2D eigenvalue weighted by atomic mass is 10.3. The van der Waals surface area contributed by atoms with Crippen molar-refractivity contribution in [2.45, 2.75) is 6.10 Å². The summed E-state index contributed by atoms with van der Waals surface area (Å²) in [6.45, 7) is 0.0503. The van der Waals surface area contributed by atoms with Crippen molar-refractivity contribution in [1.82, 2.24) is 19.9 Å². The number of aliphatic hydroxyl groups is 1. The summed E-state index contributed by atoms with van der Waals surface area (Å²) in [5.74, 6) is 0.516. The Kier molecular flexibility index (Phi) is 2.48. The molecule has 0 fully saturated rings. The van der Waals surface area contributed by atoms with Crippen LogP contribution >= 0.6 is 0 Å². The van der Waals surface area contributed by atoms with E-state index >= 15 is 0 Å². The second-order valence-electron chi connectivity index (χ2n) is 3.11. The normalized spacial score (nSPS) is 13.0. The van der Waals surface area contributed by atoms with Crippen LogP contribution in [0.1, 0.15) is 12.0 Å². The molecule has 0 saturated carbocycles. The van der Waals surface area contributed by atoms with Gasteiger partial charge in [0.2, 0.25) is 5.82 Å². The molecule has 1 atom stereocenters. The van der Waals surface area contributed by atoms with Gasteiger partial charge >= 0.3 is 0 Å². The number of rotatable bonds is 3. The summed E-state index contributed by atoms with van der Waals surface area (Å²) in [6, 6.07) is 0. The summed E-state index contributed by atoms with van der Waals surface area (Å²) in [7, 11) is 1.79. The lowest BCUT2D eigenvalue weighted by Crippen LogP contribution is -2.11. The van der Waals surface area contributed by atoms with Crippen molar-refractivity contribution in [2.75, 3.05) is 6.54 Å². The molecule has 80 valence electrons. The predicted molar refractivity (Wildman–Crippen MR) is 50.5 cm³/mol. The summed E-state index contributed by atoms with van der Waals surface area (Å²) in [4.78, 5) is 4.00. The Labute approximate surface area is 85.5 Å². The second-order valence-corrected chi connectivity index (χ2v) is 3.11. The van der Waals surface area contributed by atoms with E-state index in [9.17, 15) is 5.11 Å². The molecular weight excluding hydrogens is 198 g/mol. The van der Waals surface area contributed by atoms with E-state index in [-0.39, 0.29) is 12.4 Å². The van der Waals surface area contributed by atoms with E-state index in [1.54, 1.807) is 24.1 Å². The minimum Gasteiger partial charge on any atom is -0.382 e. The summed E-state index contributed by atoms with van der Waals surface area (Å²) in [5, 5.41) is 17.0. The highest BCUT2D eigenvalue weighted by molar-refractivity contribution is 5.50. The van der Waals surface area contributed by atoms with Crippen molar-refractivity contribution < 1.29 is 9.63 Å². The van der Waals surface area contributed by atoms with Gasteiger partial charge in [0.25, 0.3) is 5.89 Å². The Morgan fingerprint density at radius 2 is 2.47 bits per heavy atom. The molecule has 0 aromatic carbocycles. The molecule has 2 rings (SSSR count). The SMILES string of the molecule is Cn1cc(-c2noc([C@@H](O)CN)n2)cn1. The monoisotopic (exact) mass is 209 g/mol. The second kappa shape index (κ2) is 3.79. The number of aromatic nitrogens is 4. The Bertz CT molecular complexity index is 449. The smallest absolute Gasteiger partial charge is 0.257 e. The molecule has 7 nitrogen and oxygen atoms in total. The number of hydrogen-bond donors (Lipinski definition) is 2. The molecule has 0 aliphatic rings. The molecule has 0 radical (unpaired) electrons. The first-order valence-corrected chi connectivity index (χ1v) is 4.41. The Morgan fingerprint density at radius 3 is 3.07 bits per heavy atom. The maximum atomic E-state index is 9.35. The molecule has 7 heteroatoms. The van der Waals surface area contributed by atoms with Gasteiger partial charge in [-0.05, 0) is 0 Å². The fraction of sp³-hybridized carbons (Fsp3) is 0.375. The zero-order valence-electron chi connectivity index (χ0n) is 8.16.